The third-order valence-corrected chi connectivity index (χ3v) is 1.81. The van der Waals surface area contributed by atoms with Crippen LogP contribution < -0.4 is 0 Å². The lowest BCUT2D eigenvalue weighted by Crippen LogP contribution is -2.11. The van der Waals surface area contributed by atoms with Crippen molar-refractivity contribution in [1.82, 2.24) is 0 Å². The number of aliphatic hydroxyl groups excluding tert-OH is 1. The minimum atomic E-state index is -3.34. The lowest BCUT2D eigenvalue weighted by atomic mass is 10.3. The van der Waals surface area contributed by atoms with Gasteiger partial charge in [0.2, 0.25) is 0 Å². The average Bonchev–Trinajstić information content (AvgIpc) is 1.81. The van der Waals surface area contributed by atoms with Crippen molar-refractivity contribution in [3.05, 3.63) is 0 Å². The van der Waals surface area contributed by atoms with E-state index in [1.54, 1.807) is 6.92 Å². The van der Waals surface area contributed by atoms with E-state index in [0.717, 1.165) is 0 Å². The molecule has 0 rings (SSSR count). The van der Waals surface area contributed by atoms with Crippen molar-refractivity contribution in [3.8, 4) is 0 Å². The van der Waals surface area contributed by atoms with Crippen LogP contribution in [0.15, 0.2) is 0 Å². The molecule has 6 heteroatoms. The standard InChI is InChI=1S/C4H12O4P2/c1-2-4(5)3-8-10(6,7)9/h4-7,9H,2-3H2,1H3. The highest BCUT2D eigenvalue weighted by Gasteiger charge is 2.08. The second-order valence-electron chi connectivity index (χ2n) is 1.90. The first-order valence-electron chi connectivity index (χ1n) is 2.88. The summed E-state index contributed by atoms with van der Waals surface area (Å²) in [4.78, 5) is 17.2. The zero-order chi connectivity index (χ0) is 8.20. The van der Waals surface area contributed by atoms with Crippen molar-refractivity contribution in [3.63, 3.8) is 0 Å². The van der Waals surface area contributed by atoms with Crippen molar-refractivity contribution in [2.75, 3.05) is 6.61 Å². The number of rotatable bonds is 4. The van der Waals surface area contributed by atoms with E-state index in [1.165, 1.54) is 0 Å². The van der Waals surface area contributed by atoms with Gasteiger partial charge in [-0.2, -0.15) is 0 Å². The fourth-order valence-corrected chi connectivity index (χ4v) is 0.911. The summed E-state index contributed by atoms with van der Waals surface area (Å²) < 4.78 is 4.47. The van der Waals surface area contributed by atoms with E-state index in [1.807, 2.05) is 0 Å². The van der Waals surface area contributed by atoms with Gasteiger partial charge in [-0.15, -0.1) is 0 Å². The summed E-state index contributed by atoms with van der Waals surface area (Å²) in [6.07, 6.45) is -0.0957. The molecule has 0 fully saturated rings. The van der Waals surface area contributed by atoms with Gasteiger partial charge in [0, 0.05) is 0 Å². The molecule has 0 saturated carbocycles. The smallest absolute Gasteiger partial charge is 0.271 e. The van der Waals surface area contributed by atoms with Crippen LogP contribution in [0, 0.1) is 0 Å². The van der Waals surface area contributed by atoms with Gasteiger partial charge in [0.1, 0.15) is 0 Å². The molecule has 0 amide bonds. The van der Waals surface area contributed by atoms with Crippen LogP contribution in [0.5, 0.6) is 0 Å². The van der Waals surface area contributed by atoms with Crippen LogP contribution in [0.25, 0.3) is 0 Å². The Bertz CT molecular complexity index is 131. The van der Waals surface area contributed by atoms with E-state index in [2.05, 4.69) is 13.1 Å². The quantitative estimate of drug-likeness (QED) is 0.561. The van der Waals surface area contributed by atoms with Crippen molar-refractivity contribution in [2.24, 2.45) is 0 Å². The summed E-state index contributed by atoms with van der Waals surface area (Å²) in [5, 5.41) is 8.87. The molecule has 0 heterocycles. The van der Waals surface area contributed by atoms with Gasteiger partial charge in [-0.1, -0.05) is 6.92 Å². The topological polar surface area (TPSA) is 69.9 Å². The molecule has 0 saturated heterocycles. The third kappa shape index (κ3) is 6.69. The molecule has 3 N–H and O–H groups in total. The maximum absolute atomic E-state index is 8.87. The van der Waals surface area contributed by atoms with Gasteiger partial charge >= 0.3 is 0 Å². The Labute approximate surface area is 62.1 Å². The Kier molecular flexibility index (Phi) is 4.70. The summed E-state index contributed by atoms with van der Waals surface area (Å²) in [5.74, 6) is 0. The molecule has 1 atom stereocenters. The molecular formula is C4H12O4P2. The minimum absolute atomic E-state index is 0.0548. The molecule has 4 nitrogen and oxygen atoms in total. The molecule has 0 aromatic carbocycles. The highest BCUT2D eigenvalue weighted by Crippen LogP contribution is 2.42. The van der Waals surface area contributed by atoms with Crippen LogP contribution in [0.3, 0.4) is 0 Å². The Hall–Kier alpha value is 0.570. The van der Waals surface area contributed by atoms with Crippen molar-refractivity contribution >= 4 is 15.8 Å². The molecule has 0 spiro atoms. The molecule has 0 aliphatic heterocycles. The second-order valence-corrected chi connectivity index (χ2v) is 5.00. The number of hydrogen-bond donors (Lipinski definition) is 3. The molecule has 0 radical (unpaired) electrons. The molecular weight excluding hydrogens is 174 g/mol. The molecule has 0 aromatic heterocycles. The van der Waals surface area contributed by atoms with Crippen LogP contribution in [0.4, 0.5) is 0 Å². The van der Waals surface area contributed by atoms with Crippen LogP contribution in [0.1, 0.15) is 13.3 Å². The molecule has 1 unspecified atom stereocenters. The first-order valence-corrected chi connectivity index (χ1v) is 5.83. The SMILES string of the molecule is CCC(O)COP(O)(O)=P. The molecule has 0 aliphatic rings. The second kappa shape index (κ2) is 4.45. The van der Waals surface area contributed by atoms with Crippen molar-refractivity contribution < 1.29 is 19.4 Å². The van der Waals surface area contributed by atoms with Gasteiger partial charge in [0.15, 0.2) is 0 Å². The zero-order valence-corrected chi connectivity index (χ0v) is 7.58. The first-order chi connectivity index (χ1) is 4.45. The highest BCUT2D eigenvalue weighted by atomic mass is 31.8. The van der Waals surface area contributed by atoms with Gasteiger partial charge in [0.05, 0.1) is 12.7 Å². The van der Waals surface area contributed by atoms with E-state index >= 15 is 0 Å². The predicted molar refractivity (Wildman–Crippen MR) is 41.9 cm³/mol. The predicted octanol–water partition coefficient (Wildman–Crippen LogP) is 0.579. The minimum Gasteiger partial charge on any atom is -0.391 e. The van der Waals surface area contributed by atoms with E-state index < -0.39 is 13.3 Å². The average molecular weight is 186 g/mol. The normalized spacial score (nSPS) is 15.2. The maximum atomic E-state index is 8.87. The molecule has 10 heavy (non-hydrogen) atoms. The summed E-state index contributed by atoms with van der Waals surface area (Å²) in [5.41, 5.74) is 0. The zero-order valence-electron chi connectivity index (χ0n) is 5.69. The van der Waals surface area contributed by atoms with Crippen LogP contribution >= 0.6 is 15.8 Å². The molecule has 62 valence electrons. The fraction of sp³-hybridized carbons (Fsp3) is 1.00. The largest absolute Gasteiger partial charge is 0.391 e. The van der Waals surface area contributed by atoms with Gasteiger partial charge in [-0.05, 0) is 14.9 Å². The van der Waals surface area contributed by atoms with Gasteiger partial charge in [-0.25, -0.2) is 0 Å². The molecule has 0 aliphatic carbocycles. The van der Waals surface area contributed by atoms with Gasteiger partial charge < -0.3 is 19.4 Å². The highest BCUT2D eigenvalue weighted by molar-refractivity contribution is 7.88. The Morgan fingerprint density at radius 3 is 2.40 bits per heavy atom. The summed E-state index contributed by atoms with van der Waals surface area (Å²) in [6, 6.07) is 0. The summed E-state index contributed by atoms with van der Waals surface area (Å²) in [7, 11) is -0.763. The number of hydrogen-bond acceptors (Lipinski definition) is 2. The Morgan fingerprint density at radius 2 is 2.10 bits per heavy atom. The van der Waals surface area contributed by atoms with Crippen molar-refractivity contribution in [1.29, 1.82) is 0 Å². The lowest BCUT2D eigenvalue weighted by molar-refractivity contribution is 0.0950. The van der Waals surface area contributed by atoms with Gasteiger partial charge in [0.25, 0.3) is 7.23 Å². The monoisotopic (exact) mass is 186 g/mol. The van der Waals surface area contributed by atoms with Crippen LogP contribution in [-0.2, 0) is 4.52 Å². The Morgan fingerprint density at radius 1 is 1.60 bits per heavy atom. The first kappa shape index (κ1) is 10.6. The van der Waals surface area contributed by atoms with Crippen molar-refractivity contribution in [2.45, 2.75) is 19.4 Å². The molecule has 0 bridgehead atoms. The summed E-state index contributed by atoms with van der Waals surface area (Å²) >= 11 is 0. The van der Waals surface area contributed by atoms with E-state index in [0.29, 0.717) is 6.42 Å². The lowest BCUT2D eigenvalue weighted by Gasteiger charge is -2.12. The summed E-state index contributed by atoms with van der Waals surface area (Å²) in [6.45, 7) is 1.72. The number of aliphatic hydroxyl groups is 1. The van der Waals surface area contributed by atoms with E-state index in [-0.39, 0.29) is 6.61 Å². The third-order valence-electron chi connectivity index (χ3n) is 0.918. The Balaban J connectivity index is 3.46. The fourth-order valence-electron chi connectivity index (χ4n) is 0.308. The van der Waals surface area contributed by atoms with Crippen LogP contribution in [-0.4, -0.2) is 27.6 Å². The maximum Gasteiger partial charge on any atom is 0.271 e. The molecule has 0 aromatic rings. The van der Waals surface area contributed by atoms with Gasteiger partial charge in [-0.3, -0.25) is 0 Å². The van der Waals surface area contributed by atoms with Crippen LogP contribution in [0.2, 0.25) is 0 Å². The van der Waals surface area contributed by atoms with E-state index in [9.17, 15) is 0 Å². The van der Waals surface area contributed by atoms with E-state index in [4.69, 9.17) is 14.9 Å².